The molecule has 0 radical (unpaired) electrons. The molecule has 0 aliphatic rings. The molecule has 0 aliphatic carbocycles. The molecule has 3 heterocycles. The van der Waals surface area contributed by atoms with Gasteiger partial charge in [0.2, 0.25) is 11.8 Å². The first-order valence-electron chi connectivity index (χ1n) is 9.32. The van der Waals surface area contributed by atoms with Crippen molar-refractivity contribution >= 4 is 23.3 Å². The third-order valence-electron chi connectivity index (χ3n) is 3.95. The van der Waals surface area contributed by atoms with E-state index in [1.54, 1.807) is 23.5 Å². The Morgan fingerprint density at radius 2 is 2.14 bits per heavy atom. The molecular weight excluding hydrogens is 394 g/mol. The summed E-state index contributed by atoms with van der Waals surface area (Å²) in [5.74, 6) is 0.759. The first kappa shape index (κ1) is 20.7. The first-order chi connectivity index (χ1) is 14.1. The summed E-state index contributed by atoms with van der Waals surface area (Å²) in [5.41, 5.74) is 0. The molecule has 154 valence electrons. The average Bonchev–Trinajstić information content (AvgIpc) is 3.44. The van der Waals surface area contributed by atoms with E-state index >= 15 is 0 Å². The van der Waals surface area contributed by atoms with Crippen LogP contribution in [0, 0.1) is 0 Å². The van der Waals surface area contributed by atoms with Crippen molar-refractivity contribution in [1.82, 2.24) is 25.7 Å². The lowest BCUT2D eigenvalue weighted by molar-refractivity contribution is -0.121. The van der Waals surface area contributed by atoms with Gasteiger partial charge in [-0.25, -0.2) is 4.79 Å². The van der Waals surface area contributed by atoms with Crippen LogP contribution in [-0.2, 0) is 17.8 Å². The summed E-state index contributed by atoms with van der Waals surface area (Å²) in [4.78, 5) is 27.1. The van der Waals surface area contributed by atoms with Crippen LogP contribution >= 0.6 is 11.3 Å². The fraction of sp³-hybridized carbons (Fsp3) is 0.368. The lowest BCUT2D eigenvalue weighted by atomic mass is 10.3. The van der Waals surface area contributed by atoms with Gasteiger partial charge in [-0.1, -0.05) is 13.0 Å². The van der Waals surface area contributed by atoms with E-state index in [0.29, 0.717) is 31.3 Å². The van der Waals surface area contributed by atoms with Gasteiger partial charge in [0.1, 0.15) is 0 Å². The molecule has 0 saturated heterocycles. The second-order valence-corrected chi connectivity index (χ2v) is 7.35. The second-order valence-electron chi connectivity index (χ2n) is 6.32. The number of imide groups is 1. The number of rotatable bonds is 10. The first-order valence-corrected chi connectivity index (χ1v) is 10.2. The standard InChI is InChI=1S/C19H23N5O4S/c1-2-9-24(13-17-22-23-18(28-17)15-6-3-10-27-15)12-16(25)21-19(26)20-8-7-14-5-4-11-29-14/h3-6,10-11H,2,7-9,12-13H2,1H3,(H2,20,21,25,26). The van der Waals surface area contributed by atoms with Gasteiger partial charge in [-0.3, -0.25) is 15.0 Å². The number of nitrogens with one attached hydrogen (secondary N) is 2. The van der Waals surface area contributed by atoms with Crippen molar-refractivity contribution in [3.63, 3.8) is 0 Å². The van der Waals surface area contributed by atoms with Crippen LogP contribution in [0.3, 0.4) is 0 Å². The normalized spacial score (nSPS) is 11.0. The van der Waals surface area contributed by atoms with Crippen LogP contribution in [-0.4, -0.2) is 46.7 Å². The molecule has 0 aromatic carbocycles. The summed E-state index contributed by atoms with van der Waals surface area (Å²) in [6.45, 7) is 3.46. The van der Waals surface area contributed by atoms with E-state index < -0.39 is 11.9 Å². The van der Waals surface area contributed by atoms with Gasteiger partial charge >= 0.3 is 6.03 Å². The molecule has 0 atom stereocenters. The predicted octanol–water partition coefficient (Wildman–Crippen LogP) is 2.67. The van der Waals surface area contributed by atoms with Crippen molar-refractivity contribution in [2.45, 2.75) is 26.3 Å². The van der Waals surface area contributed by atoms with Gasteiger partial charge in [0.05, 0.1) is 19.4 Å². The largest absolute Gasteiger partial charge is 0.459 e. The Labute approximate surface area is 172 Å². The van der Waals surface area contributed by atoms with Crippen molar-refractivity contribution in [3.05, 3.63) is 46.7 Å². The fourth-order valence-electron chi connectivity index (χ4n) is 2.71. The molecule has 3 amide bonds. The van der Waals surface area contributed by atoms with Crippen molar-refractivity contribution in [2.75, 3.05) is 19.6 Å². The minimum atomic E-state index is -0.499. The Balaban J connectivity index is 1.45. The molecule has 0 spiro atoms. The molecule has 3 aromatic rings. The maximum absolute atomic E-state index is 12.2. The molecule has 0 fully saturated rings. The monoisotopic (exact) mass is 417 g/mol. The lowest BCUT2D eigenvalue weighted by Crippen LogP contribution is -2.45. The summed E-state index contributed by atoms with van der Waals surface area (Å²) in [7, 11) is 0. The molecule has 0 aliphatic heterocycles. The minimum Gasteiger partial charge on any atom is -0.459 e. The van der Waals surface area contributed by atoms with E-state index in [0.717, 1.165) is 12.8 Å². The quantitative estimate of drug-likeness (QED) is 0.521. The minimum absolute atomic E-state index is 0.0463. The van der Waals surface area contributed by atoms with E-state index in [9.17, 15) is 9.59 Å². The highest BCUT2D eigenvalue weighted by atomic mass is 32.1. The van der Waals surface area contributed by atoms with Crippen LogP contribution in [0.25, 0.3) is 11.7 Å². The molecule has 3 rings (SSSR count). The number of amides is 3. The number of carbonyl (C=O) groups excluding carboxylic acids is 2. The summed E-state index contributed by atoms with van der Waals surface area (Å²) < 4.78 is 10.8. The van der Waals surface area contributed by atoms with Crippen LogP contribution in [0.1, 0.15) is 24.1 Å². The van der Waals surface area contributed by atoms with Crippen LogP contribution in [0.2, 0.25) is 0 Å². The van der Waals surface area contributed by atoms with Crippen LogP contribution in [0.15, 0.2) is 44.7 Å². The third-order valence-corrected chi connectivity index (χ3v) is 4.89. The van der Waals surface area contributed by atoms with E-state index in [-0.39, 0.29) is 12.4 Å². The fourth-order valence-corrected chi connectivity index (χ4v) is 3.42. The van der Waals surface area contributed by atoms with Crippen LogP contribution in [0.5, 0.6) is 0 Å². The SMILES string of the molecule is CCCN(CC(=O)NC(=O)NCCc1cccs1)Cc1nnc(-c2ccco2)o1. The van der Waals surface area contributed by atoms with Gasteiger partial charge in [0, 0.05) is 11.4 Å². The summed E-state index contributed by atoms with van der Waals surface area (Å²) in [5, 5.41) is 15.0. The number of carbonyl (C=O) groups is 2. The molecule has 2 N–H and O–H groups in total. The van der Waals surface area contributed by atoms with Gasteiger partial charge < -0.3 is 14.2 Å². The second kappa shape index (κ2) is 10.5. The summed E-state index contributed by atoms with van der Waals surface area (Å²) in [6, 6.07) is 6.94. The highest BCUT2D eigenvalue weighted by Gasteiger charge is 2.17. The Morgan fingerprint density at radius 1 is 1.24 bits per heavy atom. The molecule has 10 heteroatoms. The Kier molecular flexibility index (Phi) is 7.54. The van der Waals surface area contributed by atoms with Crippen LogP contribution in [0.4, 0.5) is 4.79 Å². The van der Waals surface area contributed by atoms with Gasteiger partial charge in [-0.05, 0) is 43.0 Å². The van der Waals surface area contributed by atoms with Crippen molar-refractivity contribution in [2.24, 2.45) is 0 Å². The molecule has 29 heavy (non-hydrogen) atoms. The van der Waals surface area contributed by atoms with Crippen molar-refractivity contribution in [1.29, 1.82) is 0 Å². The molecular formula is C19H23N5O4S. The Hall–Kier alpha value is -2.98. The Bertz CT molecular complexity index is 892. The summed E-state index contributed by atoms with van der Waals surface area (Å²) >= 11 is 1.63. The summed E-state index contributed by atoms with van der Waals surface area (Å²) in [6.07, 6.45) is 3.09. The Morgan fingerprint density at radius 3 is 2.86 bits per heavy atom. The number of aromatic nitrogens is 2. The third kappa shape index (κ3) is 6.54. The van der Waals surface area contributed by atoms with Gasteiger partial charge in [0.15, 0.2) is 5.76 Å². The van der Waals surface area contributed by atoms with E-state index in [4.69, 9.17) is 8.83 Å². The average molecular weight is 417 g/mol. The number of furan rings is 1. The highest BCUT2D eigenvalue weighted by molar-refractivity contribution is 7.09. The smallest absolute Gasteiger partial charge is 0.321 e. The number of urea groups is 1. The zero-order valence-corrected chi connectivity index (χ0v) is 16.9. The number of hydrogen-bond acceptors (Lipinski definition) is 8. The topological polar surface area (TPSA) is 114 Å². The van der Waals surface area contributed by atoms with Crippen molar-refractivity contribution < 1.29 is 18.4 Å². The highest BCUT2D eigenvalue weighted by Crippen LogP contribution is 2.18. The molecule has 0 saturated carbocycles. The zero-order chi connectivity index (χ0) is 20.5. The van der Waals surface area contributed by atoms with Gasteiger partial charge in [0.25, 0.3) is 5.89 Å². The molecule has 3 aromatic heterocycles. The van der Waals surface area contributed by atoms with Gasteiger partial charge in [-0.15, -0.1) is 21.5 Å². The van der Waals surface area contributed by atoms with Crippen LogP contribution < -0.4 is 10.6 Å². The van der Waals surface area contributed by atoms with E-state index in [1.165, 1.54) is 11.1 Å². The molecule has 0 unspecified atom stereocenters. The van der Waals surface area contributed by atoms with E-state index in [2.05, 4.69) is 20.8 Å². The number of hydrogen-bond donors (Lipinski definition) is 2. The lowest BCUT2D eigenvalue weighted by Gasteiger charge is -2.18. The predicted molar refractivity (Wildman–Crippen MR) is 107 cm³/mol. The number of thiophene rings is 1. The number of nitrogens with zero attached hydrogens (tertiary/aromatic N) is 3. The maximum atomic E-state index is 12.2. The van der Waals surface area contributed by atoms with E-state index in [1.807, 2.05) is 29.3 Å². The molecule has 0 bridgehead atoms. The maximum Gasteiger partial charge on any atom is 0.321 e. The zero-order valence-electron chi connectivity index (χ0n) is 16.1. The van der Waals surface area contributed by atoms with Gasteiger partial charge in [-0.2, -0.15) is 0 Å². The molecule has 9 nitrogen and oxygen atoms in total. The van der Waals surface area contributed by atoms with Crippen molar-refractivity contribution in [3.8, 4) is 11.7 Å².